The van der Waals surface area contributed by atoms with Crippen LogP contribution in [0.2, 0.25) is 5.02 Å². The molecule has 7 nitrogen and oxygen atoms in total. The first kappa shape index (κ1) is 28.8. The fourth-order valence-corrected chi connectivity index (χ4v) is 7.04. The lowest BCUT2D eigenvalue weighted by Gasteiger charge is -2.38. The molecule has 2 aliphatic rings. The van der Waals surface area contributed by atoms with Gasteiger partial charge in [-0.2, -0.15) is 4.98 Å². The number of allylic oxidation sites excluding steroid dienone is 2. The van der Waals surface area contributed by atoms with Crippen molar-refractivity contribution in [3.63, 3.8) is 0 Å². The summed E-state index contributed by atoms with van der Waals surface area (Å²) in [6.07, 6.45) is 1.21. The van der Waals surface area contributed by atoms with Crippen LogP contribution in [0, 0.1) is 5.41 Å². The number of rotatable bonds is 8. The average Bonchev–Trinajstić information content (AvgIpc) is 3.36. The fourth-order valence-electron chi connectivity index (χ4n) is 5.48. The minimum Gasteiger partial charge on any atom is -0.493 e. The lowest BCUT2D eigenvalue weighted by molar-refractivity contribution is -0.118. The van der Waals surface area contributed by atoms with E-state index >= 15 is 0 Å². The summed E-state index contributed by atoms with van der Waals surface area (Å²) in [5.74, 6) is 2.56. The second-order valence-electron chi connectivity index (χ2n) is 11.2. The van der Waals surface area contributed by atoms with Crippen LogP contribution in [0.1, 0.15) is 49.4 Å². The van der Waals surface area contributed by atoms with E-state index in [0.717, 1.165) is 38.9 Å². The molecule has 42 heavy (non-hydrogen) atoms. The zero-order valence-electron chi connectivity index (χ0n) is 23.5. The second-order valence-corrected chi connectivity index (χ2v) is 13.5. The highest BCUT2D eigenvalue weighted by atomic mass is 79.9. The number of carbonyl (C=O) groups is 1. The van der Waals surface area contributed by atoms with Crippen LogP contribution in [0.15, 0.2) is 87.6 Å². The zero-order valence-corrected chi connectivity index (χ0v) is 26.6. The molecular weight excluding hydrogens is 636 g/mol. The van der Waals surface area contributed by atoms with Gasteiger partial charge in [-0.1, -0.05) is 89.5 Å². The van der Waals surface area contributed by atoms with Gasteiger partial charge >= 0.3 is 0 Å². The molecule has 0 amide bonds. The van der Waals surface area contributed by atoms with Crippen LogP contribution in [0.4, 0.5) is 5.95 Å². The molecule has 0 bridgehead atoms. The van der Waals surface area contributed by atoms with Gasteiger partial charge in [-0.05, 0) is 58.9 Å². The maximum Gasteiger partial charge on any atom is 0.227 e. The minimum atomic E-state index is -0.449. The molecule has 0 saturated carbocycles. The predicted molar refractivity (Wildman–Crippen MR) is 169 cm³/mol. The molecule has 1 N–H and O–H groups in total. The molecule has 1 aromatic heterocycles. The van der Waals surface area contributed by atoms with E-state index in [9.17, 15) is 4.79 Å². The summed E-state index contributed by atoms with van der Waals surface area (Å²) in [5, 5.41) is 9.64. The minimum absolute atomic E-state index is 0.110. The van der Waals surface area contributed by atoms with Crippen LogP contribution in [0.25, 0.3) is 0 Å². The number of Topliss-reactive ketones (excluding diaryl/α,β-unsaturated/α-hetero) is 1. The Kier molecular flexibility index (Phi) is 8.09. The van der Waals surface area contributed by atoms with E-state index in [1.807, 2.05) is 71.4 Å². The van der Waals surface area contributed by atoms with Crippen molar-refractivity contribution in [1.82, 2.24) is 14.8 Å². The fraction of sp³-hybridized carbons (Fsp3) is 0.281. The van der Waals surface area contributed by atoms with Crippen molar-refractivity contribution in [2.45, 2.75) is 50.2 Å². The highest BCUT2D eigenvalue weighted by molar-refractivity contribution is 9.10. The predicted octanol–water partition coefficient (Wildman–Crippen LogP) is 8.23. The van der Waals surface area contributed by atoms with Crippen molar-refractivity contribution in [3.8, 4) is 11.5 Å². The van der Waals surface area contributed by atoms with Crippen LogP contribution in [-0.2, 0) is 17.2 Å². The van der Waals surface area contributed by atoms with Crippen LogP contribution in [0.5, 0.6) is 11.5 Å². The van der Waals surface area contributed by atoms with Crippen molar-refractivity contribution in [2.24, 2.45) is 5.41 Å². The molecule has 0 saturated heterocycles. The van der Waals surface area contributed by atoms with Gasteiger partial charge in [-0.25, -0.2) is 4.68 Å². The highest BCUT2D eigenvalue weighted by Gasteiger charge is 2.42. The number of ether oxygens (including phenoxy) is 2. The molecule has 1 aliphatic carbocycles. The summed E-state index contributed by atoms with van der Waals surface area (Å²) < 4.78 is 14.7. The molecule has 3 aromatic carbocycles. The van der Waals surface area contributed by atoms with Gasteiger partial charge in [0.05, 0.1) is 7.11 Å². The Balaban J connectivity index is 1.34. The first-order valence-corrected chi connectivity index (χ1v) is 15.8. The summed E-state index contributed by atoms with van der Waals surface area (Å²) in [4.78, 5) is 18.5. The summed E-state index contributed by atoms with van der Waals surface area (Å²) in [6, 6.07) is 21.1. The second kappa shape index (κ2) is 11.8. The third-order valence-electron chi connectivity index (χ3n) is 7.41. The molecule has 0 fully saturated rings. The Hall–Kier alpha value is -3.27. The van der Waals surface area contributed by atoms with Gasteiger partial charge < -0.3 is 14.8 Å². The SMILES string of the molecule is COc1cc(C2C3=C(CC(C)(C)CC3=O)Nc3nc(SCc4ccccc4Cl)nn32)ccc1OCc1cccc(Br)c1. The molecule has 4 aromatic rings. The standard InChI is InChI=1S/C32H30BrClN4O3S/c1-32(2)15-24-28(25(39)16-32)29(38-30(35-24)36-31(37-38)42-18-21-8-4-5-10-23(21)34)20-11-12-26(27(14-20)40-3)41-17-19-7-6-9-22(33)13-19/h4-14,29H,15-18H2,1-3H3,(H,35,36,37). The first-order valence-electron chi connectivity index (χ1n) is 13.6. The summed E-state index contributed by atoms with van der Waals surface area (Å²) in [6.45, 7) is 4.64. The normalized spacial score (nSPS) is 17.4. The van der Waals surface area contributed by atoms with E-state index in [0.29, 0.717) is 46.4 Å². The lowest BCUT2D eigenvalue weighted by atomic mass is 9.73. The van der Waals surface area contributed by atoms with E-state index in [2.05, 4.69) is 35.1 Å². The molecule has 10 heteroatoms. The average molecular weight is 666 g/mol. The molecule has 2 heterocycles. The number of anilines is 1. The van der Waals surface area contributed by atoms with Crippen molar-refractivity contribution in [1.29, 1.82) is 0 Å². The zero-order chi connectivity index (χ0) is 29.4. The monoisotopic (exact) mass is 664 g/mol. The van der Waals surface area contributed by atoms with Crippen molar-refractivity contribution < 1.29 is 14.3 Å². The third-order valence-corrected chi connectivity index (χ3v) is 9.16. The van der Waals surface area contributed by atoms with Gasteiger partial charge in [0.1, 0.15) is 12.6 Å². The Morgan fingerprint density at radius 1 is 1.10 bits per heavy atom. The number of carbonyl (C=O) groups excluding carboxylic acids is 1. The Labute approximate surface area is 262 Å². The van der Waals surface area contributed by atoms with Gasteiger partial charge in [-0.3, -0.25) is 4.79 Å². The maximum atomic E-state index is 13.7. The van der Waals surface area contributed by atoms with Crippen LogP contribution in [-0.4, -0.2) is 27.7 Å². The molecule has 1 atom stereocenters. The van der Waals surface area contributed by atoms with E-state index in [-0.39, 0.29) is 11.2 Å². The van der Waals surface area contributed by atoms with E-state index in [1.54, 1.807) is 7.11 Å². The number of nitrogens with zero attached hydrogens (tertiary/aromatic N) is 3. The van der Waals surface area contributed by atoms with Gasteiger partial charge in [-0.15, -0.1) is 5.10 Å². The smallest absolute Gasteiger partial charge is 0.227 e. The number of hydrogen-bond acceptors (Lipinski definition) is 7. The summed E-state index contributed by atoms with van der Waals surface area (Å²) >= 11 is 11.4. The third kappa shape index (κ3) is 5.96. The summed E-state index contributed by atoms with van der Waals surface area (Å²) in [5.41, 5.74) is 4.39. The molecule has 0 radical (unpaired) electrons. The number of hydrogen-bond donors (Lipinski definition) is 1. The van der Waals surface area contributed by atoms with Crippen molar-refractivity contribution >= 4 is 51.0 Å². The first-order chi connectivity index (χ1) is 20.2. The van der Waals surface area contributed by atoms with Gasteiger partial charge in [0.2, 0.25) is 11.1 Å². The molecule has 1 aliphatic heterocycles. The van der Waals surface area contributed by atoms with E-state index in [4.69, 9.17) is 31.2 Å². The van der Waals surface area contributed by atoms with Gasteiger partial charge in [0, 0.05) is 32.9 Å². The number of halogens is 2. The Morgan fingerprint density at radius 2 is 1.93 bits per heavy atom. The topological polar surface area (TPSA) is 78.3 Å². The van der Waals surface area contributed by atoms with Gasteiger partial charge in [0.25, 0.3) is 0 Å². The molecule has 0 spiro atoms. The van der Waals surface area contributed by atoms with Crippen LogP contribution < -0.4 is 14.8 Å². The Morgan fingerprint density at radius 3 is 2.71 bits per heavy atom. The van der Waals surface area contributed by atoms with Crippen molar-refractivity contribution in [2.75, 3.05) is 12.4 Å². The Bertz CT molecular complexity index is 1700. The van der Waals surface area contributed by atoms with E-state index in [1.165, 1.54) is 11.8 Å². The van der Waals surface area contributed by atoms with Gasteiger partial charge in [0.15, 0.2) is 17.3 Å². The number of aromatic nitrogens is 3. The van der Waals surface area contributed by atoms with Crippen LogP contribution >= 0.6 is 39.3 Å². The number of thioether (sulfide) groups is 1. The molecule has 1 unspecified atom stereocenters. The summed E-state index contributed by atoms with van der Waals surface area (Å²) in [7, 11) is 1.62. The molecule has 6 rings (SSSR count). The van der Waals surface area contributed by atoms with E-state index < -0.39 is 6.04 Å². The quantitative estimate of drug-likeness (QED) is 0.190. The molecular formula is C32H30BrClN4O3S. The number of fused-ring (bicyclic) bond motifs is 1. The number of nitrogens with one attached hydrogen (secondary N) is 1. The lowest BCUT2D eigenvalue weighted by Crippen LogP contribution is -2.36. The number of benzene rings is 3. The number of methoxy groups -OCH3 is 1. The van der Waals surface area contributed by atoms with Crippen molar-refractivity contribution in [3.05, 3.63) is 104 Å². The molecule has 216 valence electrons. The number of ketones is 1. The highest BCUT2D eigenvalue weighted by Crippen LogP contribution is 2.47. The largest absolute Gasteiger partial charge is 0.493 e. The van der Waals surface area contributed by atoms with Crippen LogP contribution in [0.3, 0.4) is 0 Å². The maximum absolute atomic E-state index is 13.7.